The number of hydrogen-bond donors (Lipinski definition) is 4. The number of hydrazine groups is 1. The molecule has 3 aliphatic rings. The number of cyclic esters (lactones) is 1. The Bertz CT molecular complexity index is 2500. The SMILES string of the molecule is CCn1c(-c2cnccc2COC)c2c3cc(ccc31)-c1cc(O)cc(c1)C[C@H](NC(=O)C(C(C)C)N(C)C(=O)CN(C)C(=O)[C@@H]1CN1CCO)C(=O)N1CCC[C@H](N1)C(=O)OCC(C)(C)C2. The van der Waals surface area contributed by atoms with E-state index in [0.717, 1.165) is 38.9 Å². The number of nitrogens with zero attached hydrogens (tertiary/aromatic N) is 6. The number of methoxy groups -OCH3 is 1. The number of phenolic OH excluding ortho intramolecular Hbond substituents is 1. The summed E-state index contributed by atoms with van der Waals surface area (Å²) in [5, 5.41) is 25.9. The van der Waals surface area contributed by atoms with E-state index >= 15 is 0 Å². The number of carbonyl (C=O) groups is 5. The third-order valence-corrected chi connectivity index (χ3v) is 13.2. The maximum atomic E-state index is 14.7. The highest BCUT2D eigenvalue weighted by Crippen LogP contribution is 2.41. The van der Waals surface area contributed by atoms with Crippen molar-refractivity contribution in [3.8, 4) is 28.1 Å². The van der Waals surface area contributed by atoms with Crippen LogP contribution in [0.3, 0.4) is 0 Å². The Labute approximate surface area is 392 Å². The number of ether oxygens (including phenoxy) is 2. The van der Waals surface area contributed by atoms with Gasteiger partial charge in [0.25, 0.3) is 5.91 Å². The molecule has 5 atom stereocenters. The number of hydrogen-bond acceptors (Lipinski definition) is 12. The van der Waals surface area contributed by atoms with E-state index in [4.69, 9.17) is 9.47 Å². The topological polar surface area (TPSA) is 199 Å². The number of rotatable bonds is 13. The van der Waals surface area contributed by atoms with Crippen molar-refractivity contribution in [3.05, 3.63) is 71.5 Å². The molecule has 0 radical (unpaired) electrons. The smallest absolute Gasteiger partial charge is 0.324 e. The number of aliphatic hydroxyl groups is 1. The van der Waals surface area contributed by atoms with Gasteiger partial charge in [0.15, 0.2) is 0 Å². The molecule has 0 aliphatic carbocycles. The molecule has 2 aromatic carbocycles. The highest BCUT2D eigenvalue weighted by molar-refractivity contribution is 5.96. The Morgan fingerprint density at radius 3 is 2.58 bits per heavy atom. The van der Waals surface area contributed by atoms with Crippen molar-refractivity contribution in [1.82, 2.24) is 40.0 Å². The Hall–Kier alpha value is -5.88. The normalized spacial score (nSPS) is 21.1. The van der Waals surface area contributed by atoms with Crippen molar-refractivity contribution in [2.24, 2.45) is 11.3 Å². The van der Waals surface area contributed by atoms with Gasteiger partial charge >= 0.3 is 5.97 Å². The minimum Gasteiger partial charge on any atom is -0.508 e. The molecule has 3 aliphatic heterocycles. The molecule has 0 saturated carbocycles. The number of aryl methyl sites for hydroxylation is 1. The summed E-state index contributed by atoms with van der Waals surface area (Å²) in [7, 11) is 4.71. The number of amides is 4. The van der Waals surface area contributed by atoms with Crippen LogP contribution in [0.4, 0.5) is 0 Å². The number of esters is 1. The number of carbonyl (C=O) groups excluding carboxylic acids is 5. The lowest BCUT2D eigenvalue weighted by Gasteiger charge is -2.37. The molecule has 4 aromatic rings. The summed E-state index contributed by atoms with van der Waals surface area (Å²) in [6.07, 6.45) is 5.05. The molecule has 360 valence electrons. The van der Waals surface area contributed by atoms with Crippen molar-refractivity contribution in [2.75, 3.05) is 60.6 Å². The van der Waals surface area contributed by atoms with Crippen LogP contribution >= 0.6 is 0 Å². The first-order chi connectivity index (χ1) is 31.9. The van der Waals surface area contributed by atoms with Gasteiger partial charge in [-0.3, -0.25) is 38.9 Å². The highest BCUT2D eigenvalue weighted by Gasteiger charge is 2.43. The number of aromatic nitrogens is 2. The maximum absolute atomic E-state index is 14.7. The lowest BCUT2D eigenvalue weighted by Crippen LogP contribution is -2.62. The lowest BCUT2D eigenvalue weighted by molar-refractivity contribution is -0.155. The first kappa shape index (κ1) is 49.0. The van der Waals surface area contributed by atoms with E-state index in [1.54, 1.807) is 39.3 Å². The fourth-order valence-corrected chi connectivity index (χ4v) is 9.70. The summed E-state index contributed by atoms with van der Waals surface area (Å²) < 4.78 is 14.0. The zero-order valence-electron chi connectivity index (χ0n) is 40.0. The molecule has 7 rings (SSSR count). The third kappa shape index (κ3) is 10.8. The summed E-state index contributed by atoms with van der Waals surface area (Å²) in [4.78, 5) is 78.8. The van der Waals surface area contributed by atoms with Crippen LogP contribution in [0, 0.1) is 11.3 Å². The van der Waals surface area contributed by atoms with E-state index in [-0.39, 0.29) is 44.4 Å². The number of nitrogens with one attached hydrogen (secondary N) is 2. The molecule has 2 aromatic heterocycles. The second kappa shape index (κ2) is 20.6. The van der Waals surface area contributed by atoms with E-state index in [9.17, 15) is 34.2 Å². The molecule has 5 heterocycles. The number of aliphatic hydroxyl groups excluding tert-OH is 1. The fourth-order valence-electron chi connectivity index (χ4n) is 9.70. The number of likely N-dealkylation sites (N-methyl/N-ethyl adjacent to an activating group) is 2. The summed E-state index contributed by atoms with van der Waals surface area (Å²) in [5.41, 5.74) is 9.61. The number of fused-ring (bicyclic) bond motifs is 6. The van der Waals surface area contributed by atoms with E-state index in [1.807, 2.05) is 29.3 Å². The van der Waals surface area contributed by atoms with Gasteiger partial charge in [-0.2, -0.15) is 0 Å². The maximum Gasteiger partial charge on any atom is 0.324 e. The monoisotopic (exact) mass is 922 g/mol. The molecule has 4 amide bonds. The summed E-state index contributed by atoms with van der Waals surface area (Å²) in [6, 6.07) is 9.86. The predicted octanol–water partition coefficient (Wildman–Crippen LogP) is 3.51. The number of pyridine rings is 1. The van der Waals surface area contributed by atoms with Gasteiger partial charge in [0.05, 0.1) is 32.1 Å². The van der Waals surface area contributed by atoms with Crippen LogP contribution in [0.2, 0.25) is 0 Å². The van der Waals surface area contributed by atoms with Gasteiger partial charge in [-0.05, 0) is 90.3 Å². The number of phenols is 1. The molecule has 17 nitrogen and oxygen atoms in total. The average molecular weight is 923 g/mol. The molecule has 67 heavy (non-hydrogen) atoms. The van der Waals surface area contributed by atoms with E-state index in [2.05, 4.69) is 53.2 Å². The lowest BCUT2D eigenvalue weighted by atomic mass is 9.84. The van der Waals surface area contributed by atoms with Gasteiger partial charge in [0, 0.05) is 88.1 Å². The standard InChI is InChI=1S/C50H66N8O9/c1-9-57-41-13-12-32-23-36(41)37(45(57)38-25-51-15-14-33(38)28-66-8)24-50(4,5)29-67-49(65)39-11-10-16-58(53-39)47(63)40(21-31-19-34(32)22-35(60)20-31)52-46(62)44(30(2)3)55(7)43(61)27-54(6)48(64)42-26-56(42)17-18-59/h12-15,19-20,22-23,25,30,39-40,42,44,53,59-60H,9-11,16-18,21,24,26-29H2,1-8H3,(H,52,62)/t39-,40-,42-,44?,56?/m0/s1. The zero-order valence-corrected chi connectivity index (χ0v) is 40.0. The molecular weight excluding hydrogens is 857 g/mol. The molecule has 2 unspecified atom stereocenters. The molecule has 2 fully saturated rings. The van der Waals surface area contributed by atoms with Crippen molar-refractivity contribution in [3.63, 3.8) is 0 Å². The van der Waals surface area contributed by atoms with Gasteiger partial charge in [-0.15, -0.1) is 0 Å². The molecular formula is C50H66N8O9. The molecule has 2 saturated heterocycles. The van der Waals surface area contributed by atoms with Crippen LogP contribution in [0.25, 0.3) is 33.3 Å². The van der Waals surface area contributed by atoms with Gasteiger partial charge < -0.3 is 39.4 Å². The summed E-state index contributed by atoms with van der Waals surface area (Å²) in [5.74, 6) is -2.72. The van der Waals surface area contributed by atoms with Gasteiger partial charge in [-0.25, -0.2) is 5.43 Å². The van der Waals surface area contributed by atoms with Gasteiger partial charge in [0.1, 0.15) is 29.9 Å². The molecule has 4 N–H and O–H groups in total. The van der Waals surface area contributed by atoms with Crippen LogP contribution in [0.1, 0.15) is 64.2 Å². The van der Waals surface area contributed by atoms with Crippen LogP contribution in [0.15, 0.2) is 54.9 Å². The molecule has 0 spiro atoms. The first-order valence-corrected chi connectivity index (χ1v) is 23.3. The number of benzene rings is 2. The minimum absolute atomic E-state index is 0.0269. The van der Waals surface area contributed by atoms with Crippen molar-refractivity contribution < 1.29 is 43.7 Å². The van der Waals surface area contributed by atoms with E-state index < -0.39 is 59.2 Å². The highest BCUT2D eigenvalue weighted by atomic mass is 16.5. The fraction of sp³-hybridized carbons (Fsp3) is 0.520. The zero-order chi connectivity index (χ0) is 48.3. The van der Waals surface area contributed by atoms with Crippen LogP contribution in [-0.2, 0) is 59.4 Å². The second-order valence-corrected chi connectivity index (χ2v) is 19.3. The Kier molecular flexibility index (Phi) is 15.0. The van der Waals surface area contributed by atoms with Crippen LogP contribution in [-0.4, -0.2) is 154 Å². The minimum atomic E-state index is -1.19. The van der Waals surface area contributed by atoms with Crippen LogP contribution < -0.4 is 10.7 Å². The van der Waals surface area contributed by atoms with Crippen LogP contribution in [0.5, 0.6) is 5.75 Å². The van der Waals surface area contributed by atoms with Crippen molar-refractivity contribution in [1.29, 1.82) is 0 Å². The summed E-state index contributed by atoms with van der Waals surface area (Å²) >= 11 is 0. The van der Waals surface area contributed by atoms with Gasteiger partial charge in [-0.1, -0.05) is 39.8 Å². The second-order valence-electron chi connectivity index (χ2n) is 19.3. The Morgan fingerprint density at radius 2 is 1.87 bits per heavy atom. The summed E-state index contributed by atoms with van der Waals surface area (Å²) in [6.45, 7) is 11.7. The molecule has 17 heteroatoms. The van der Waals surface area contributed by atoms with E-state index in [0.29, 0.717) is 56.6 Å². The Balaban J connectivity index is 1.27. The predicted molar refractivity (Wildman–Crippen MR) is 252 cm³/mol. The van der Waals surface area contributed by atoms with Crippen molar-refractivity contribution >= 4 is 40.5 Å². The van der Waals surface area contributed by atoms with E-state index in [1.165, 1.54) is 28.9 Å². The molecule has 6 bridgehead atoms. The average Bonchev–Trinajstić information content (AvgIpc) is 4.00. The number of β-amino-alcohol motifs (C(OH)–C–C–N with tert-alkyl or cyclic N) is 1. The Morgan fingerprint density at radius 1 is 1.09 bits per heavy atom. The largest absolute Gasteiger partial charge is 0.508 e. The first-order valence-electron chi connectivity index (χ1n) is 23.3. The quantitative estimate of drug-likeness (QED) is 0.113. The van der Waals surface area contributed by atoms with Gasteiger partial charge in [0.2, 0.25) is 17.7 Å². The number of aromatic hydroxyl groups is 1. The third-order valence-electron chi connectivity index (χ3n) is 13.2. The van der Waals surface area contributed by atoms with Crippen molar-refractivity contribution in [2.45, 2.75) is 97.6 Å².